The number of nitrogens with zero attached hydrogens (tertiary/aromatic N) is 2. The van der Waals surface area contributed by atoms with Crippen molar-refractivity contribution in [1.29, 1.82) is 0 Å². The van der Waals surface area contributed by atoms with Gasteiger partial charge in [-0.1, -0.05) is 13.8 Å². The van der Waals surface area contributed by atoms with Crippen LogP contribution in [0, 0.1) is 12.3 Å². The summed E-state index contributed by atoms with van der Waals surface area (Å²) in [6.07, 6.45) is 3.59. The van der Waals surface area contributed by atoms with Crippen LogP contribution in [0.2, 0.25) is 0 Å². The van der Waals surface area contributed by atoms with E-state index in [0.717, 1.165) is 24.0 Å². The first-order valence-electron chi connectivity index (χ1n) is 4.40. The molecule has 0 aromatic carbocycles. The highest BCUT2D eigenvalue weighted by Crippen LogP contribution is 2.20. The van der Waals surface area contributed by atoms with E-state index in [1.807, 2.05) is 38.7 Å². The maximum absolute atomic E-state index is 10.7. The molecule has 0 fully saturated rings. The van der Waals surface area contributed by atoms with Crippen molar-refractivity contribution in [2.45, 2.75) is 27.2 Å². The van der Waals surface area contributed by atoms with Crippen LogP contribution in [0.3, 0.4) is 0 Å². The normalized spacial score (nSPS) is 11.7. The number of hydrogen-bond donors (Lipinski definition) is 0. The Balaban J connectivity index is 2.86. The summed E-state index contributed by atoms with van der Waals surface area (Å²) in [6, 6.07) is 0. The fourth-order valence-electron chi connectivity index (χ4n) is 1.25. The lowest BCUT2D eigenvalue weighted by atomic mass is 9.88. The topological polar surface area (TPSA) is 34.9 Å². The van der Waals surface area contributed by atoms with Crippen molar-refractivity contribution >= 4 is 6.29 Å². The van der Waals surface area contributed by atoms with Crippen LogP contribution in [0.15, 0.2) is 6.20 Å². The van der Waals surface area contributed by atoms with Crippen LogP contribution in [0.4, 0.5) is 0 Å². The van der Waals surface area contributed by atoms with E-state index in [9.17, 15) is 4.79 Å². The first-order valence-corrected chi connectivity index (χ1v) is 4.40. The first kappa shape index (κ1) is 9.96. The molecule has 0 aliphatic heterocycles. The minimum Gasteiger partial charge on any atom is -0.303 e. The maximum atomic E-state index is 10.7. The van der Waals surface area contributed by atoms with Crippen molar-refractivity contribution < 1.29 is 4.79 Å². The molecular weight excluding hydrogens is 164 g/mol. The zero-order chi connectivity index (χ0) is 10.1. The Morgan fingerprint density at radius 1 is 1.62 bits per heavy atom. The van der Waals surface area contributed by atoms with Gasteiger partial charge < -0.3 is 4.79 Å². The lowest BCUT2D eigenvalue weighted by Crippen LogP contribution is -2.16. The van der Waals surface area contributed by atoms with Gasteiger partial charge >= 0.3 is 0 Å². The Bertz CT molecular complexity index is 313. The van der Waals surface area contributed by atoms with Gasteiger partial charge in [-0.05, 0) is 18.9 Å². The summed E-state index contributed by atoms with van der Waals surface area (Å²) in [4.78, 5) is 10.7. The smallest absolute Gasteiger partial charge is 0.125 e. The third-order valence-corrected chi connectivity index (χ3v) is 2.30. The molecule has 0 radical (unpaired) electrons. The number of rotatable bonds is 3. The molecular formula is C10H16N2O. The molecule has 3 heteroatoms. The Hall–Kier alpha value is -1.12. The molecule has 1 aromatic rings. The molecule has 0 spiro atoms. The molecule has 0 aliphatic carbocycles. The third kappa shape index (κ3) is 2.17. The molecule has 0 saturated heterocycles. The second-order valence-corrected chi connectivity index (χ2v) is 4.16. The van der Waals surface area contributed by atoms with Crippen molar-refractivity contribution in [1.82, 2.24) is 9.78 Å². The van der Waals surface area contributed by atoms with Crippen molar-refractivity contribution in [3.05, 3.63) is 17.5 Å². The van der Waals surface area contributed by atoms with Gasteiger partial charge in [0.05, 0.1) is 6.20 Å². The monoisotopic (exact) mass is 180 g/mol. The van der Waals surface area contributed by atoms with Crippen LogP contribution in [-0.4, -0.2) is 16.1 Å². The van der Waals surface area contributed by atoms with Gasteiger partial charge in [-0.2, -0.15) is 5.10 Å². The molecule has 72 valence electrons. The Labute approximate surface area is 78.8 Å². The SMILES string of the molecule is Cc1c(CC(C)(C)C=O)cnn1C. The number of aryl methyl sites for hydroxylation is 1. The first-order chi connectivity index (χ1) is 5.96. The van der Waals surface area contributed by atoms with Crippen LogP contribution in [0.25, 0.3) is 0 Å². The average Bonchev–Trinajstić information content (AvgIpc) is 2.36. The Morgan fingerprint density at radius 3 is 2.62 bits per heavy atom. The van der Waals surface area contributed by atoms with E-state index in [2.05, 4.69) is 5.10 Å². The molecule has 3 nitrogen and oxygen atoms in total. The largest absolute Gasteiger partial charge is 0.303 e. The van der Waals surface area contributed by atoms with Crippen LogP contribution >= 0.6 is 0 Å². The van der Waals surface area contributed by atoms with Crippen LogP contribution in [-0.2, 0) is 18.3 Å². The van der Waals surface area contributed by atoms with Crippen molar-refractivity contribution in [2.75, 3.05) is 0 Å². The van der Waals surface area contributed by atoms with E-state index < -0.39 is 0 Å². The summed E-state index contributed by atoms with van der Waals surface area (Å²) in [5.74, 6) is 0. The lowest BCUT2D eigenvalue weighted by molar-refractivity contribution is -0.114. The van der Waals surface area contributed by atoms with Crippen LogP contribution in [0.5, 0.6) is 0 Å². The fraction of sp³-hybridized carbons (Fsp3) is 0.600. The highest BCUT2D eigenvalue weighted by Gasteiger charge is 2.19. The minimum absolute atomic E-state index is 0.284. The summed E-state index contributed by atoms with van der Waals surface area (Å²) >= 11 is 0. The zero-order valence-corrected chi connectivity index (χ0v) is 8.66. The number of carbonyl (C=O) groups excluding carboxylic acids is 1. The Kier molecular flexibility index (Phi) is 2.55. The minimum atomic E-state index is -0.284. The van der Waals surface area contributed by atoms with E-state index >= 15 is 0 Å². The van der Waals surface area contributed by atoms with Crippen molar-refractivity contribution in [3.8, 4) is 0 Å². The van der Waals surface area contributed by atoms with Gasteiger partial charge in [-0.25, -0.2) is 0 Å². The zero-order valence-electron chi connectivity index (χ0n) is 8.66. The molecule has 0 aliphatic rings. The van der Waals surface area contributed by atoms with Crippen LogP contribution in [0.1, 0.15) is 25.1 Å². The van der Waals surface area contributed by atoms with Crippen LogP contribution < -0.4 is 0 Å². The summed E-state index contributed by atoms with van der Waals surface area (Å²) < 4.78 is 1.83. The van der Waals surface area contributed by atoms with E-state index in [1.165, 1.54) is 0 Å². The van der Waals surface area contributed by atoms with Gasteiger partial charge in [-0.15, -0.1) is 0 Å². The van der Waals surface area contributed by atoms with E-state index in [1.54, 1.807) is 0 Å². The van der Waals surface area contributed by atoms with Gasteiger partial charge in [0, 0.05) is 18.2 Å². The molecule has 0 bridgehead atoms. The molecule has 0 unspecified atom stereocenters. The summed E-state index contributed by atoms with van der Waals surface area (Å²) in [7, 11) is 1.91. The third-order valence-electron chi connectivity index (χ3n) is 2.30. The second-order valence-electron chi connectivity index (χ2n) is 4.16. The highest BCUT2D eigenvalue weighted by molar-refractivity contribution is 5.58. The van der Waals surface area contributed by atoms with E-state index in [-0.39, 0.29) is 5.41 Å². The van der Waals surface area contributed by atoms with Crippen molar-refractivity contribution in [3.63, 3.8) is 0 Å². The average molecular weight is 180 g/mol. The molecule has 0 saturated carbocycles. The molecule has 1 heterocycles. The molecule has 0 atom stereocenters. The molecule has 1 aromatic heterocycles. The predicted octanol–water partition coefficient (Wildman–Crippen LogP) is 1.50. The molecule has 0 amide bonds. The fourth-order valence-corrected chi connectivity index (χ4v) is 1.25. The molecule has 1 rings (SSSR count). The van der Waals surface area contributed by atoms with Crippen molar-refractivity contribution in [2.24, 2.45) is 12.5 Å². The lowest BCUT2D eigenvalue weighted by Gasteiger charge is -2.15. The second kappa shape index (κ2) is 3.32. The molecule has 13 heavy (non-hydrogen) atoms. The van der Waals surface area contributed by atoms with E-state index in [4.69, 9.17) is 0 Å². The quantitative estimate of drug-likeness (QED) is 0.661. The van der Waals surface area contributed by atoms with Gasteiger partial charge in [0.25, 0.3) is 0 Å². The maximum Gasteiger partial charge on any atom is 0.125 e. The summed E-state index contributed by atoms with van der Waals surface area (Å²) in [5.41, 5.74) is 2.00. The standard InChI is InChI=1S/C10H16N2O/c1-8-9(6-11-12(8)4)5-10(2,3)7-13/h6-7H,5H2,1-4H3. The van der Waals surface area contributed by atoms with Gasteiger partial charge in [0.2, 0.25) is 0 Å². The summed E-state index contributed by atoms with van der Waals surface area (Å²) in [5, 5.41) is 4.14. The summed E-state index contributed by atoms with van der Waals surface area (Å²) in [6.45, 7) is 5.89. The van der Waals surface area contributed by atoms with Gasteiger partial charge in [0.1, 0.15) is 6.29 Å². The number of aldehydes is 1. The van der Waals surface area contributed by atoms with Gasteiger partial charge in [0.15, 0.2) is 0 Å². The number of hydrogen-bond acceptors (Lipinski definition) is 2. The number of aromatic nitrogens is 2. The predicted molar refractivity (Wildman–Crippen MR) is 51.5 cm³/mol. The highest BCUT2D eigenvalue weighted by atomic mass is 16.1. The van der Waals surface area contributed by atoms with Gasteiger partial charge in [-0.3, -0.25) is 4.68 Å². The Morgan fingerprint density at radius 2 is 2.23 bits per heavy atom. The number of carbonyl (C=O) groups is 1. The molecule has 0 N–H and O–H groups in total. The van der Waals surface area contributed by atoms with E-state index in [0.29, 0.717) is 0 Å².